The van der Waals surface area contributed by atoms with E-state index in [0.29, 0.717) is 13.2 Å². The average molecular weight is 262 g/mol. The number of nitrogens with one attached hydrogen (secondary N) is 2. The van der Waals surface area contributed by atoms with Crippen LogP contribution >= 0.6 is 0 Å². The number of rotatable bonds is 2. The fraction of sp³-hybridized carbons (Fsp3) is 0.571. The zero-order chi connectivity index (χ0) is 13.2. The van der Waals surface area contributed by atoms with Crippen LogP contribution in [0.2, 0.25) is 0 Å². The highest BCUT2D eigenvalue weighted by Crippen LogP contribution is 2.19. The molecule has 0 spiro atoms. The third-order valence-electron chi connectivity index (χ3n) is 3.95. The fourth-order valence-electron chi connectivity index (χ4n) is 2.83. The molecule has 19 heavy (non-hydrogen) atoms. The van der Waals surface area contributed by atoms with Gasteiger partial charge in [0, 0.05) is 24.4 Å². The van der Waals surface area contributed by atoms with Crippen molar-refractivity contribution in [2.75, 3.05) is 13.2 Å². The summed E-state index contributed by atoms with van der Waals surface area (Å²) in [5, 5.41) is 3.11. The Morgan fingerprint density at radius 2 is 2.26 bits per heavy atom. The summed E-state index contributed by atoms with van der Waals surface area (Å²) in [5.74, 6) is 0.118. The van der Waals surface area contributed by atoms with Crippen LogP contribution in [-0.2, 0) is 22.4 Å². The topological polar surface area (TPSA) is 71.2 Å². The molecule has 5 heteroatoms. The van der Waals surface area contributed by atoms with Crippen LogP contribution in [0.5, 0.6) is 0 Å². The Morgan fingerprint density at radius 1 is 1.37 bits per heavy atom. The summed E-state index contributed by atoms with van der Waals surface area (Å²) < 4.78 is 5.24. The minimum Gasteiger partial charge on any atom is -0.381 e. The van der Waals surface area contributed by atoms with Gasteiger partial charge in [0.25, 0.3) is 0 Å². The second-order valence-electron chi connectivity index (χ2n) is 5.34. The van der Waals surface area contributed by atoms with Crippen molar-refractivity contribution in [3.63, 3.8) is 0 Å². The van der Waals surface area contributed by atoms with Gasteiger partial charge in [0.05, 0.1) is 12.5 Å². The molecular weight excluding hydrogens is 244 g/mol. The number of aromatic nitrogens is 1. The lowest BCUT2D eigenvalue weighted by Crippen LogP contribution is -2.42. The standard InChI is InChI=1S/C14H18N2O3/c17-13-4-1-9-7-11(2-3-12(9)16-13)15-14(18)10-5-6-19-8-10/h1,4,10-11H,2-3,5-8H2,(H,15,18)(H,16,17). The van der Waals surface area contributed by atoms with Crippen LogP contribution in [0.1, 0.15) is 24.1 Å². The summed E-state index contributed by atoms with van der Waals surface area (Å²) in [6.45, 7) is 1.23. The highest BCUT2D eigenvalue weighted by atomic mass is 16.5. The normalized spacial score (nSPS) is 25.9. The van der Waals surface area contributed by atoms with Crippen LogP contribution in [-0.4, -0.2) is 30.1 Å². The zero-order valence-corrected chi connectivity index (χ0v) is 10.8. The van der Waals surface area contributed by atoms with Crippen LogP contribution < -0.4 is 10.9 Å². The van der Waals surface area contributed by atoms with Gasteiger partial charge in [-0.1, -0.05) is 6.07 Å². The lowest BCUT2D eigenvalue weighted by Gasteiger charge is -2.26. The van der Waals surface area contributed by atoms with Gasteiger partial charge < -0.3 is 15.0 Å². The van der Waals surface area contributed by atoms with Crippen LogP contribution in [0.4, 0.5) is 0 Å². The number of aromatic amines is 1. The average Bonchev–Trinajstić information content (AvgIpc) is 2.93. The second-order valence-corrected chi connectivity index (χ2v) is 5.34. The minimum atomic E-state index is -0.0515. The smallest absolute Gasteiger partial charge is 0.248 e. The molecule has 0 saturated carbocycles. The lowest BCUT2D eigenvalue weighted by atomic mass is 9.91. The Kier molecular flexibility index (Phi) is 3.38. The Morgan fingerprint density at radius 3 is 3.05 bits per heavy atom. The molecule has 1 aromatic heterocycles. The minimum absolute atomic E-state index is 0.0111. The van der Waals surface area contributed by atoms with Crippen molar-refractivity contribution in [3.8, 4) is 0 Å². The van der Waals surface area contributed by atoms with Gasteiger partial charge >= 0.3 is 0 Å². The summed E-state index contributed by atoms with van der Waals surface area (Å²) in [7, 11) is 0. The van der Waals surface area contributed by atoms with E-state index in [2.05, 4.69) is 10.3 Å². The zero-order valence-electron chi connectivity index (χ0n) is 10.8. The summed E-state index contributed by atoms with van der Waals surface area (Å²) in [5.41, 5.74) is 2.10. The van der Waals surface area contributed by atoms with E-state index in [1.807, 2.05) is 6.07 Å². The number of hydrogen-bond acceptors (Lipinski definition) is 3. The third kappa shape index (κ3) is 2.71. The number of fused-ring (bicyclic) bond motifs is 1. The first-order valence-electron chi connectivity index (χ1n) is 6.81. The first-order valence-corrected chi connectivity index (χ1v) is 6.81. The molecular formula is C14H18N2O3. The van der Waals surface area contributed by atoms with Crippen LogP contribution in [0.25, 0.3) is 0 Å². The maximum atomic E-state index is 12.0. The van der Waals surface area contributed by atoms with Gasteiger partial charge in [0.2, 0.25) is 11.5 Å². The van der Waals surface area contributed by atoms with Crippen molar-refractivity contribution in [2.45, 2.75) is 31.7 Å². The lowest BCUT2D eigenvalue weighted by molar-refractivity contribution is -0.125. The van der Waals surface area contributed by atoms with E-state index in [0.717, 1.165) is 36.9 Å². The molecule has 102 valence electrons. The quantitative estimate of drug-likeness (QED) is 0.809. The van der Waals surface area contributed by atoms with E-state index in [4.69, 9.17) is 4.74 Å². The molecule has 2 N–H and O–H groups in total. The Hall–Kier alpha value is -1.62. The van der Waals surface area contributed by atoms with E-state index in [-0.39, 0.29) is 23.4 Å². The molecule has 3 rings (SSSR count). The Balaban J connectivity index is 1.63. The molecule has 1 saturated heterocycles. The summed E-state index contributed by atoms with van der Waals surface area (Å²) in [6.07, 6.45) is 3.32. The van der Waals surface area contributed by atoms with Gasteiger partial charge in [-0.25, -0.2) is 0 Å². The van der Waals surface area contributed by atoms with Crippen molar-refractivity contribution in [1.82, 2.24) is 10.3 Å². The molecule has 1 amide bonds. The highest BCUT2D eigenvalue weighted by molar-refractivity contribution is 5.79. The number of amides is 1. The molecule has 2 heterocycles. The van der Waals surface area contributed by atoms with Crippen LogP contribution in [0.15, 0.2) is 16.9 Å². The van der Waals surface area contributed by atoms with Crippen molar-refractivity contribution in [3.05, 3.63) is 33.7 Å². The highest BCUT2D eigenvalue weighted by Gasteiger charge is 2.27. The summed E-state index contributed by atoms with van der Waals surface area (Å²) >= 11 is 0. The predicted octanol–water partition coefficient (Wildman–Crippen LogP) is 0.385. The fourth-order valence-corrected chi connectivity index (χ4v) is 2.83. The van der Waals surface area contributed by atoms with Gasteiger partial charge in [0.15, 0.2) is 0 Å². The number of H-pyrrole nitrogens is 1. The van der Waals surface area contributed by atoms with Crippen molar-refractivity contribution >= 4 is 5.91 Å². The number of hydrogen-bond donors (Lipinski definition) is 2. The van der Waals surface area contributed by atoms with Gasteiger partial charge in [-0.05, 0) is 31.2 Å². The van der Waals surface area contributed by atoms with E-state index in [1.54, 1.807) is 6.07 Å². The third-order valence-corrected chi connectivity index (χ3v) is 3.95. The van der Waals surface area contributed by atoms with Crippen molar-refractivity contribution < 1.29 is 9.53 Å². The molecule has 2 unspecified atom stereocenters. The first kappa shape index (κ1) is 12.4. The maximum absolute atomic E-state index is 12.0. The second kappa shape index (κ2) is 5.17. The largest absolute Gasteiger partial charge is 0.381 e. The molecule has 5 nitrogen and oxygen atoms in total. The molecule has 2 aliphatic rings. The van der Waals surface area contributed by atoms with Crippen LogP contribution in [0.3, 0.4) is 0 Å². The van der Waals surface area contributed by atoms with Crippen molar-refractivity contribution in [2.24, 2.45) is 5.92 Å². The molecule has 0 radical (unpaired) electrons. The molecule has 1 aromatic rings. The first-order chi connectivity index (χ1) is 9.22. The molecule has 0 bridgehead atoms. The molecule has 0 aromatic carbocycles. The van der Waals surface area contributed by atoms with Gasteiger partial charge in [-0.3, -0.25) is 9.59 Å². The molecule has 1 aliphatic heterocycles. The molecule has 1 fully saturated rings. The van der Waals surface area contributed by atoms with Gasteiger partial charge in [-0.15, -0.1) is 0 Å². The molecule has 1 aliphatic carbocycles. The van der Waals surface area contributed by atoms with E-state index in [9.17, 15) is 9.59 Å². The van der Waals surface area contributed by atoms with E-state index in [1.165, 1.54) is 0 Å². The number of carbonyl (C=O) groups excluding carboxylic acids is 1. The predicted molar refractivity (Wildman–Crippen MR) is 69.9 cm³/mol. The monoisotopic (exact) mass is 262 g/mol. The number of pyridine rings is 1. The van der Waals surface area contributed by atoms with Crippen LogP contribution in [0, 0.1) is 5.92 Å². The number of carbonyl (C=O) groups is 1. The molecule has 2 atom stereocenters. The SMILES string of the molecule is O=C(NC1CCc2[nH]c(=O)ccc2C1)C1CCOC1. The summed E-state index contributed by atoms with van der Waals surface area (Å²) in [4.78, 5) is 26.1. The van der Waals surface area contributed by atoms with Gasteiger partial charge in [0.1, 0.15) is 0 Å². The maximum Gasteiger partial charge on any atom is 0.248 e. The van der Waals surface area contributed by atoms with E-state index >= 15 is 0 Å². The van der Waals surface area contributed by atoms with Gasteiger partial charge in [-0.2, -0.15) is 0 Å². The Bertz CT molecular complexity index is 532. The van der Waals surface area contributed by atoms with E-state index < -0.39 is 0 Å². The summed E-state index contributed by atoms with van der Waals surface area (Å²) in [6, 6.07) is 3.59. The Labute approximate surface area is 111 Å². The number of aryl methyl sites for hydroxylation is 1. The van der Waals surface area contributed by atoms with Crippen molar-refractivity contribution in [1.29, 1.82) is 0 Å². The number of ether oxygens (including phenoxy) is 1.